The van der Waals surface area contributed by atoms with E-state index < -0.39 is 11.7 Å². The Balaban J connectivity index is 1.75. The quantitative estimate of drug-likeness (QED) is 0.483. The molecule has 0 spiro atoms. The first-order valence-corrected chi connectivity index (χ1v) is 8.85. The standard InChI is InChI=1S/C19H19FN4O2S/c1-10(2)7-16(25)21-12-3-5-13(6-4-12)22-18(26)14-8-11(20)9-15-17(14)24-19(27)23-15/h3-6,8-10H,7H2,1-2H3,(H,21,25)(H,22,26)(H2,23,24,27). The SMILES string of the molecule is CC(C)CC(=O)Nc1ccc(NC(=O)c2cc(F)cc3[nH]c(=S)[nH]c23)cc1. The van der Waals surface area contributed by atoms with Crippen LogP contribution in [-0.2, 0) is 4.79 Å². The summed E-state index contributed by atoms with van der Waals surface area (Å²) in [6, 6.07) is 9.14. The van der Waals surface area contributed by atoms with E-state index in [-0.39, 0.29) is 17.4 Å². The van der Waals surface area contributed by atoms with Crippen molar-refractivity contribution in [2.45, 2.75) is 20.3 Å². The van der Waals surface area contributed by atoms with Crippen molar-refractivity contribution in [3.63, 3.8) is 0 Å². The highest BCUT2D eigenvalue weighted by Crippen LogP contribution is 2.20. The fourth-order valence-electron chi connectivity index (χ4n) is 2.70. The highest BCUT2D eigenvalue weighted by molar-refractivity contribution is 7.71. The Morgan fingerprint density at radius 2 is 1.70 bits per heavy atom. The van der Waals surface area contributed by atoms with E-state index in [1.54, 1.807) is 24.3 Å². The number of carbonyl (C=O) groups excluding carboxylic acids is 2. The first-order valence-electron chi connectivity index (χ1n) is 8.44. The van der Waals surface area contributed by atoms with Crippen LogP contribution in [0.4, 0.5) is 15.8 Å². The van der Waals surface area contributed by atoms with Gasteiger partial charge >= 0.3 is 0 Å². The number of anilines is 2. The maximum Gasteiger partial charge on any atom is 0.257 e. The second-order valence-corrected chi connectivity index (χ2v) is 7.04. The Hall–Kier alpha value is -3.00. The van der Waals surface area contributed by atoms with Gasteiger partial charge in [0, 0.05) is 17.8 Å². The molecule has 140 valence electrons. The monoisotopic (exact) mass is 386 g/mol. The number of imidazole rings is 1. The maximum atomic E-state index is 13.8. The van der Waals surface area contributed by atoms with Crippen LogP contribution in [0.2, 0.25) is 0 Å². The zero-order valence-corrected chi connectivity index (χ0v) is 15.7. The summed E-state index contributed by atoms with van der Waals surface area (Å²) in [5, 5.41) is 5.51. The number of nitrogens with one attached hydrogen (secondary N) is 4. The second-order valence-electron chi connectivity index (χ2n) is 6.63. The fraction of sp³-hybridized carbons (Fsp3) is 0.211. The van der Waals surface area contributed by atoms with Gasteiger partial charge in [0.25, 0.3) is 5.91 Å². The Morgan fingerprint density at radius 1 is 1.07 bits per heavy atom. The van der Waals surface area contributed by atoms with E-state index in [0.717, 1.165) is 6.07 Å². The third-order valence-corrected chi connectivity index (χ3v) is 4.06. The zero-order chi connectivity index (χ0) is 19.6. The minimum Gasteiger partial charge on any atom is -0.331 e. The molecule has 0 fully saturated rings. The average Bonchev–Trinajstić information content (AvgIpc) is 2.94. The molecule has 0 aliphatic rings. The third kappa shape index (κ3) is 4.59. The highest BCUT2D eigenvalue weighted by Gasteiger charge is 2.14. The molecule has 0 saturated heterocycles. The van der Waals surface area contributed by atoms with Crippen molar-refractivity contribution in [1.82, 2.24) is 9.97 Å². The molecular formula is C19H19FN4O2S. The molecule has 0 unspecified atom stereocenters. The predicted molar refractivity (Wildman–Crippen MR) is 106 cm³/mol. The van der Waals surface area contributed by atoms with Crippen LogP contribution in [0.25, 0.3) is 11.0 Å². The lowest BCUT2D eigenvalue weighted by molar-refractivity contribution is -0.116. The maximum absolute atomic E-state index is 13.8. The normalized spacial score (nSPS) is 11.0. The number of hydrogen-bond donors (Lipinski definition) is 4. The van der Waals surface area contributed by atoms with Crippen molar-refractivity contribution in [1.29, 1.82) is 0 Å². The summed E-state index contributed by atoms with van der Waals surface area (Å²) in [4.78, 5) is 30.0. The van der Waals surface area contributed by atoms with Gasteiger partial charge in [0.2, 0.25) is 5.91 Å². The molecule has 4 N–H and O–H groups in total. The summed E-state index contributed by atoms with van der Waals surface area (Å²) in [5.41, 5.74) is 2.17. The average molecular weight is 386 g/mol. The van der Waals surface area contributed by atoms with Crippen LogP contribution in [-0.4, -0.2) is 21.8 Å². The summed E-state index contributed by atoms with van der Waals surface area (Å²) in [6.07, 6.45) is 0.437. The lowest BCUT2D eigenvalue weighted by Gasteiger charge is -2.09. The van der Waals surface area contributed by atoms with Crippen LogP contribution >= 0.6 is 12.2 Å². The molecule has 1 aromatic heterocycles. The lowest BCUT2D eigenvalue weighted by Crippen LogP contribution is -2.14. The smallest absolute Gasteiger partial charge is 0.257 e. The third-order valence-electron chi connectivity index (χ3n) is 3.85. The summed E-state index contributed by atoms with van der Waals surface area (Å²) in [7, 11) is 0. The Bertz CT molecular complexity index is 1050. The molecular weight excluding hydrogens is 367 g/mol. The van der Waals surface area contributed by atoms with Gasteiger partial charge in [0.15, 0.2) is 4.77 Å². The zero-order valence-electron chi connectivity index (χ0n) is 14.9. The molecule has 0 aliphatic carbocycles. The molecule has 3 rings (SSSR count). The van der Waals surface area contributed by atoms with Crippen molar-refractivity contribution in [2.24, 2.45) is 5.92 Å². The topological polar surface area (TPSA) is 89.8 Å². The van der Waals surface area contributed by atoms with E-state index in [0.29, 0.717) is 33.6 Å². The summed E-state index contributed by atoms with van der Waals surface area (Å²) < 4.78 is 14.1. The minimum absolute atomic E-state index is 0.0633. The number of aromatic amines is 2. The van der Waals surface area contributed by atoms with Gasteiger partial charge < -0.3 is 20.6 Å². The predicted octanol–water partition coefficient (Wildman–Crippen LogP) is 4.60. The number of carbonyl (C=O) groups is 2. The van der Waals surface area contributed by atoms with Crippen molar-refractivity contribution in [3.05, 3.63) is 52.5 Å². The molecule has 2 aromatic carbocycles. The fourth-order valence-corrected chi connectivity index (χ4v) is 2.92. The van der Waals surface area contributed by atoms with E-state index in [1.165, 1.54) is 6.07 Å². The first kappa shape index (κ1) is 18.8. The van der Waals surface area contributed by atoms with Crippen LogP contribution in [0.5, 0.6) is 0 Å². The van der Waals surface area contributed by atoms with Crippen LogP contribution in [0.1, 0.15) is 30.6 Å². The number of halogens is 1. The number of benzene rings is 2. The van der Waals surface area contributed by atoms with Gasteiger partial charge in [-0.2, -0.15) is 0 Å². The Morgan fingerprint density at radius 3 is 2.33 bits per heavy atom. The number of rotatable bonds is 5. The van der Waals surface area contributed by atoms with E-state index >= 15 is 0 Å². The number of fused-ring (bicyclic) bond motifs is 1. The van der Waals surface area contributed by atoms with Gasteiger partial charge in [-0.05, 0) is 54.5 Å². The van der Waals surface area contributed by atoms with Gasteiger partial charge in [0.05, 0.1) is 16.6 Å². The lowest BCUT2D eigenvalue weighted by atomic mass is 10.1. The minimum atomic E-state index is -0.541. The van der Waals surface area contributed by atoms with Crippen LogP contribution in [0, 0.1) is 16.5 Å². The number of amides is 2. The van der Waals surface area contributed by atoms with Crippen molar-refractivity contribution < 1.29 is 14.0 Å². The molecule has 0 radical (unpaired) electrons. The Kier molecular flexibility index (Phi) is 5.36. The van der Waals surface area contributed by atoms with E-state index in [4.69, 9.17) is 12.2 Å². The van der Waals surface area contributed by atoms with Gasteiger partial charge in [-0.15, -0.1) is 0 Å². The summed E-state index contributed by atoms with van der Waals surface area (Å²) in [5.74, 6) is -0.804. The van der Waals surface area contributed by atoms with Crippen LogP contribution in [0.3, 0.4) is 0 Å². The first-order chi connectivity index (χ1) is 12.8. The van der Waals surface area contributed by atoms with E-state index in [9.17, 15) is 14.0 Å². The van der Waals surface area contributed by atoms with E-state index in [1.807, 2.05) is 13.8 Å². The summed E-state index contributed by atoms with van der Waals surface area (Å²) in [6.45, 7) is 3.94. The van der Waals surface area contributed by atoms with Crippen molar-refractivity contribution in [3.8, 4) is 0 Å². The van der Waals surface area contributed by atoms with E-state index in [2.05, 4.69) is 20.6 Å². The molecule has 6 nitrogen and oxygen atoms in total. The van der Waals surface area contributed by atoms with Gasteiger partial charge in [-0.25, -0.2) is 4.39 Å². The molecule has 2 amide bonds. The molecule has 0 atom stereocenters. The van der Waals surface area contributed by atoms with Crippen molar-refractivity contribution in [2.75, 3.05) is 10.6 Å². The summed E-state index contributed by atoms with van der Waals surface area (Å²) >= 11 is 5.01. The van der Waals surface area contributed by atoms with Crippen LogP contribution < -0.4 is 10.6 Å². The van der Waals surface area contributed by atoms with Gasteiger partial charge in [-0.1, -0.05) is 13.8 Å². The number of H-pyrrole nitrogens is 2. The molecule has 8 heteroatoms. The number of aromatic nitrogens is 2. The largest absolute Gasteiger partial charge is 0.331 e. The molecule has 0 bridgehead atoms. The Labute approximate surface area is 160 Å². The molecule has 1 heterocycles. The van der Waals surface area contributed by atoms with Gasteiger partial charge in [0.1, 0.15) is 5.82 Å². The highest BCUT2D eigenvalue weighted by atomic mass is 32.1. The molecule has 27 heavy (non-hydrogen) atoms. The van der Waals surface area contributed by atoms with Crippen LogP contribution in [0.15, 0.2) is 36.4 Å². The van der Waals surface area contributed by atoms with Gasteiger partial charge in [-0.3, -0.25) is 9.59 Å². The molecule has 3 aromatic rings. The van der Waals surface area contributed by atoms with Crippen molar-refractivity contribution >= 4 is 46.4 Å². The molecule has 0 saturated carbocycles. The number of hydrogen-bond acceptors (Lipinski definition) is 3. The molecule has 0 aliphatic heterocycles. The second kappa shape index (κ2) is 7.71.